The molecular formula is C18H16N4O2S. The molecule has 3 aromatic heterocycles. The van der Waals surface area contributed by atoms with Gasteiger partial charge in [-0.2, -0.15) is 0 Å². The van der Waals surface area contributed by atoms with Crippen molar-refractivity contribution in [3.8, 4) is 11.1 Å². The molecule has 0 aliphatic rings. The van der Waals surface area contributed by atoms with Crippen molar-refractivity contribution in [2.24, 2.45) is 0 Å². The summed E-state index contributed by atoms with van der Waals surface area (Å²) in [4.78, 5) is 18.1. The van der Waals surface area contributed by atoms with Gasteiger partial charge in [0.15, 0.2) is 0 Å². The van der Waals surface area contributed by atoms with Crippen LogP contribution in [0, 0.1) is 20.8 Å². The Bertz CT molecular complexity index is 1140. The number of rotatable bonds is 3. The summed E-state index contributed by atoms with van der Waals surface area (Å²) in [5.74, 6) is 0.868. The Morgan fingerprint density at radius 3 is 2.72 bits per heavy atom. The van der Waals surface area contributed by atoms with Gasteiger partial charge in [-0.15, -0.1) is 21.5 Å². The molecule has 0 aliphatic heterocycles. The van der Waals surface area contributed by atoms with E-state index in [2.05, 4.69) is 41.2 Å². The molecule has 6 nitrogen and oxygen atoms in total. The Morgan fingerprint density at radius 2 is 2.00 bits per heavy atom. The van der Waals surface area contributed by atoms with Crippen molar-refractivity contribution in [1.82, 2.24) is 19.7 Å². The first kappa shape index (κ1) is 15.7. The summed E-state index contributed by atoms with van der Waals surface area (Å²) in [6.07, 6.45) is 1.53. The van der Waals surface area contributed by atoms with E-state index in [9.17, 15) is 4.79 Å². The number of hydrogen-bond acceptors (Lipinski definition) is 6. The van der Waals surface area contributed by atoms with Gasteiger partial charge in [-0.3, -0.25) is 9.36 Å². The molecule has 0 saturated carbocycles. The molecule has 0 radical (unpaired) electrons. The number of aromatic nitrogens is 4. The maximum Gasteiger partial charge on any atom is 0.263 e. The summed E-state index contributed by atoms with van der Waals surface area (Å²) in [7, 11) is 0. The van der Waals surface area contributed by atoms with Gasteiger partial charge in [-0.05, 0) is 30.5 Å². The van der Waals surface area contributed by atoms with Gasteiger partial charge in [0.2, 0.25) is 11.8 Å². The van der Waals surface area contributed by atoms with Gasteiger partial charge in [-0.25, -0.2) is 4.98 Å². The van der Waals surface area contributed by atoms with Crippen LogP contribution >= 0.6 is 11.3 Å². The number of benzene rings is 1. The largest absolute Gasteiger partial charge is 0.424 e. The lowest BCUT2D eigenvalue weighted by molar-refractivity contribution is 0.451. The number of hydrogen-bond donors (Lipinski definition) is 0. The van der Waals surface area contributed by atoms with E-state index < -0.39 is 0 Å². The normalized spacial score (nSPS) is 11.3. The molecule has 7 heteroatoms. The third-order valence-corrected chi connectivity index (χ3v) is 5.14. The molecule has 1 aromatic carbocycles. The van der Waals surface area contributed by atoms with Gasteiger partial charge in [0, 0.05) is 17.9 Å². The Labute approximate surface area is 147 Å². The van der Waals surface area contributed by atoms with Crippen molar-refractivity contribution in [3.63, 3.8) is 0 Å². The summed E-state index contributed by atoms with van der Waals surface area (Å²) >= 11 is 1.48. The minimum Gasteiger partial charge on any atom is -0.424 e. The Kier molecular flexibility index (Phi) is 3.73. The van der Waals surface area contributed by atoms with Crippen LogP contribution in [0.4, 0.5) is 0 Å². The second-order valence-electron chi connectivity index (χ2n) is 6.02. The van der Waals surface area contributed by atoms with Crippen LogP contribution in [-0.4, -0.2) is 19.7 Å². The van der Waals surface area contributed by atoms with Crippen molar-refractivity contribution in [3.05, 3.63) is 63.2 Å². The van der Waals surface area contributed by atoms with Crippen molar-refractivity contribution in [2.75, 3.05) is 0 Å². The molecule has 0 spiro atoms. The molecule has 4 aromatic rings. The van der Waals surface area contributed by atoms with Crippen LogP contribution in [0.3, 0.4) is 0 Å². The summed E-state index contributed by atoms with van der Waals surface area (Å²) in [5.41, 5.74) is 4.26. The highest BCUT2D eigenvalue weighted by Crippen LogP contribution is 2.31. The summed E-state index contributed by atoms with van der Waals surface area (Å²) in [6, 6.07) is 6.22. The van der Waals surface area contributed by atoms with Crippen LogP contribution in [0.25, 0.3) is 21.3 Å². The number of fused-ring (bicyclic) bond motifs is 1. The fourth-order valence-electron chi connectivity index (χ4n) is 2.75. The lowest BCUT2D eigenvalue weighted by Crippen LogP contribution is -2.21. The first-order chi connectivity index (χ1) is 12.0. The highest BCUT2D eigenvalue weighted by molar-refractivity contribution is 7.17. The molecule has 0 aliphatic carbocycles. The third kappa shape index (κ3) is 2.76. The summed E-state index contributed by atoms with van der Waals surface area (Å²) < 4.78 is 6.88. The van der Waals surface area contributed by atoms with E-state index in [1.54, 1.807) is 6.92 Å². The average Bonchev–Trinajstić information content (AvgIpc) is 3.19. The molecule has 0 amide bonds. The minimum atomic E-state index is -0.102. The van der Waals surface area contributed by atoms with Crippen molar-refractivity contribution < 1.29 is 4.42 Å². The van der Waals surface area contributed by atoms with Crippen LogP contribution in [0.1, 0.15) is 22.9 Å². The van der Waals surface area contributed by atoms with Crippen LogP contribution in [0.15, 0.2) is 39.1 Å². The molecule has 3 heterocycles. The number of aryl methyl sites for hydroxylation is 3. The van der Waals surface area contributed by atoms with Gasteiger partial charge >= 0.3 is 0 Å². The molecule has 0 bridgehead atoms. The van der Waals surface area contributed by atoms with Gasteiger partial charge in [0.25, 0.3) is 5.56 Å². The maximum atomic E-state index is 13.0. The smallest absolute Gasteiger partial charge is 0.263 e. The highest BCUT2D eigenvalue weighted by Gasteiger charge is 2.15. The number of nitrogens with zero attached hydrogens (tertiary/aromatic N) is 4. The Morgan fingerprint density at radius 1 is 1.16 bits per heavy atom. The minimum absolute atomic E-state index is 0.102. The Balaban J connectivity index is 1.85. The van der Waals surface area contributed by atoms with Crippen molar-refractivity contribution in [1.29, 1.82) is 0 Å². The zero-order chi connectivity index (χ0) is 17.6. The molecule has 4 rings (SSSR count). The van der Waals surface area contributed by atoms with E-state index in [1.165, 1.54) is 33.4 Å². The SMILES string of the molecule is Cc1nnc(Cn2cnc3scc(-c4ccc(C)c(C)c4)c3c2=O)o1. The second kappa shape index (κ2) is 5.93. The monoisotopic (exact) mass is 352 g/mol. The molecule has 0 fully saturated rings. The lowest BCUT2D eigenvalue weighted by atomic mass is 10.0. The van der Waals surface area contributed by atoms with E-state index in [0.717, 1.165) is 16.0 Å². The van der Waals surface area contributed by atoms with Gasteiger partial charge in [0.1, 0.15) is 11.4 Å². The van der Waals surface area contributed by atoms with Crippen LogP contribution in [0.5, 0.6) is 0 Å². The standard InChI is InChI=1S/C18H16N4O2S/c1-10-4-5-13(6-11(10)2)14-8-25-17-16(14)18(23)22(9-19-17)7-15-21-20-12(3)24-15/h4-6,8-9H,7H2,1-3H3. The average molecular weight is 352 g/mol. The maximum absolute atomic E-state index is 13.0. The quantitative estimate of drug-likeness (QED) is 0.564. The molecule has 25 heavy (non-hydrogen) atoms. The van der Waals surface area contributed by atoms with Gasteiger partial charge in [0.05, 0.1) is 11.7 Å². The molecule has 0 unspecified atom stereocenters. The van der Waals surface area contributed by atoms with E-state index in [-0.39, 0.29) is 12.1 Å². The van der Waals surface area contributed by atoms with Crippen LogP contribution in [-0.2, 0) is 6.54 Å². The van der Waals surface area contributed by atoms with E-state index in [0.29, 0.717) is 17.2 Å². The first-order valence-electron chi connectivity index (χ1n) is 7.86. The fraction of sp³-hybridized carbons (Fsp3) is 0.222. The van der Waals surface area contributed by atoms with Gasteiger partial charge in [-0.1, -0.05) is 18.2 Å². The molecular weight excluding hydrogens is 336 g/mol. The first-order valence-corrected chi connectivity index (χ1v) is 8.74. The topological polar surface area (TPSA) is 73.8 Å². The number of thiophene rings is 1. The summed E-state index contributed by atoms with van der Waals surface area (Å²) in [5, 5.41) is 10.4. The third-order valence-electron chi connectivity index (χ3n) is 4.25. The molecule has 0 N–H and O–H groups in total. The summed E-state index contributed by atoms with van der Waals surface area (Å²) in [6.45, 7) is 6.08. The highest BCUT2D eigenvalue weighted by atomic mass is 32.1. The zero-order valence-electron chi connectivity index (χ0n) is 14.1. The predicted molar refractivity (Wildman–Crippen MR) is 96.9 cm³/mol. The molecule has 126 valence electrons. The van der Waals surface area contributed by atoms with Crippen molar-refractivity contribution >= 4 is 21.6 Å². The molecule has 0 saturated heterocycles. The molecule has 0 atom stereocenters. The van der Waals surface area contributed by atoms with Crippen LogP contribution in [0.2, 0.25) is 0 Å². The van der Waals surface area contributed by atoms with E-state index in [1.807, 2.05) is 11.4 Å². The van der Waals surface area contributed by atoms with E-state index in [4.69, 9.17) is 4.42 Å². The van der Waals surface area contributed by atoms with E-state index >= 15 is 0 Å². The van der Waals surface area contributed by atoms with Crippen molar-refractivity contribution in [2.45, 2.75) is 27.3 Å². The van der Waals surface area contributed by atoms with Crippen LogP contribution < -0.4 is 5.56 Å². The fourth-order valence-corrected chi connectivity index (χ4v) is 3.66. The lowest BCUT2D eigenvalue weighted by Gasteiger charge is -2.06. The zero-order valence-corrected chi connectivity index (χ0v) is 14.9. The predicted octanol–water partition coefficient (Wildman–Crippen LogP) is 3.48. The second-order valence-corrected chi connectivity index (χ2v) is 6.88. The van der Waals surface area contributed by atoms with Gasteiger partial charge < -0.3 is 4.42 Å². The Hall–Kier alpha value is -2.80.